The monoisotopic (exact) mass is 318 g/mol. The third-order valence-corrected chi connectivity index (χ3v) is 2.46. The number of hydrogen-bond acceptors (Lipinski definition) is 1. The van der Waals surface area contributed by atoms with Gasteiger partial charge in [0.2, 0.25) is 0 Å². The maximum Gasteiger partial charge on any atom is 1.00 e. The summed E-state index contributed by atoms with van der Waals surface area (Å²) in [6.45, 7) is -5.21. The van der Waals surface area contributed by atoms with Crippen LogP contribution < -0.4 is 57.0 Å². The summed E-state index contributed by atoms with van der Waals surface area (Å²) in [7, 11) is 0. The summed E-state index contributed by atoms with van der Waals surface area (Å²) in [4.78, 5) is 0. The van der Waals surface area contributed by atoms with E-state index in [9.17, 15) is 26.1 Å². The number of aromatic nitrogens is 2. The molecule has 1 heterocycles. The van der Waals surface area contributed by atoms with Gasteiger partial charge >= 0.3 is 64.5 Å². The van der Waals surface area contributed by atoms with Crippen molar-refractivity contribution >= 4 is 12.6 Å². The second-order valence-corrected chi connectivity index (χ2v) is 3.86. The van der Waals surface area contributed by atoms with E-state index in [1.165, 1.54) is 0 Å². The summed E-state index contributed by atoms with van der Waals surface area (Å²) >= 11 is 0. The van der Waals surface area contributed by atoms with Crippen LogP contribution in [0.1, 0.15) is 5.56 Å². The number of hydrogen-bond donors (Lipinski definition) is 1. The molecule has 102 valence electrons. The Morgan fingerprint density at radius 1 is 1.00 bits per heavy atom. The topological polar surface area (TPSA) is 28.7 Å². The SMILES string of the molecule is F[B-](F)(F)c1cc(-c2ccc(C(F)(F)F)cc2)n[nH]1.[K+]. The molecule has 0 spiro atoms. The van der Waals surface area contributed by atoms with Gasteiger partial charge in [-0.05, 0) is 23.8 Å². The number of aromatic amines is 1. The number of H-pyrrole nitrogens is 1. The van der Waals surface area contributed by atoms with E-state index in [4.69, 9.17) is 0 Å². The van der Waals surface area contributed by atoms with Gasteiger partial charge in [-0.2, -0.15) is 18.3 Å². The average molecular weight is 318 g/mol. The molecule has 0 saturated carbocycles. The molecule has 0 amide bonds. The molecule has 0 aliphatic rings. The molecule has 1 N–H and O–H groups in total. The van der Waals surface area contributed by atoms with Crippen LogP contribution in [0.4, 0.5) is 26.1 Å². The van der Waals surface area contributed by atoms with Crippen molar-refractivity contribution in [2.45, 2.75) is 6.18 Å². The molecule has 20 heavy (non-hydrogen) atoms. The van der Waals surface area contributed by atoms with Crippen LogP contribution in [0.2, 0.25) is 0 Å². The first-order valence-corrected chi connectivity index (χ1v) is 5.11. The second-order valence-electron chi connectivity index (χ2n) is 3.86. The van der Waals surface area contributed by atoms with E-state index < -0.39 is 24.3 Å². The van der Waals surface area contributed by atoms with Gasteiger partial charge in [0.1, 0.15) is 0 Å². The Morgan fingerprint density at radius 2 is 1.55 bits per heavy atom. The van der Waals surface area contributed by atoms with Crippen molar-refractivity contribution in [2.75, 3.05) is 0 Å². The molecule has 1 aromatic carbocycles. The average Bonchev–Trinajstić information content (AvgIpc) is 2.77. The van der Waals surface area contributed by atoms with Crippen molar-refractivity contribution in [1.82, 2.24) is 10.2 Å². The summed E-state index contributed by atoms with van der Waals surface area (Å²) < 4.78 is 74.1. The minimum atomic E-state index is -5.21. The van der Waals surface area contributed by atoms with Crippen LogP contribution in [0.25, 0.3) is 11.3 Å². The molecular formula is C10H6BF6KN2. The fourth-order valence-corrected chi connectivity index (χ4v) is 1.48. The molecule has 0 bridgehead atoms. The van der Waals surface area contributed by atoms with Gasteiger partial charge in [-0.3, -0.25) is 0 Å². The van der Waals surface area contributed by atoms with Gasteiger partial charge in [0, 0.05) is 5.56 Å². The molecule has 0 fully saturated rings. The Balaban J connectivity index is 0.00000200. The van der Waals surface area contributed by atoms with Gasteiger partial charge in [-0.15, -0.1) is 0 Å². The van der Waals surface area contributed by atoms with Crippen LogP contribution in [0, 0.1) is 0 Å². The van der Waals surface area contributed by atoms with E-state index in [1.54, 1.807) is 0 Å². The number of nitrogens with zero attached hydrogens (tertiary/aromatic N) is 1. The summed E-state index contributed by atoms with van der Waals surface area (Å²) in [5.74, 6) is 0. The second kappa shape index (κ2) is 6.22. The predicted octanol–water partition coefficient (Wildman–Crippen LogP) is 0.154. The van der Waals surface area contributed by atoms with Crippen LogP contribution >= 0.6 is 0 Å². The molecule has 2 nitrogen and oxygen atoms in total. The first-order chi connectivity index (χ1) is 8.68. The summed E-state index contributed by atoms with van der Waals surface area (Å²) in [5, 5.41) is 5.25. The first kappa shape index (κ1) is 17.8. The summed E-state index contributed by atoms with van der Waals surface area (Å²) in [6, 6.07) is 4.51. The maximum absolute atomic E-state index is 12.4. The number of rotatable bonds is 2. The first-order valence-electron chi connectivity index (χ1n) is 5.11. The molecule has 0 atom stereocenters. The number of nitrogens with one attached hydrogen (secondary N) is 1. The maximum atomic E-state index is 12.4. The van der Waals surface area contributed by atoms with Gasteiger partial charge < -0.3 is 18.0 Å². The Kier molecular flexibility index (Phi) is 5.53. The molecule has 2 aromatic rings. The van der Waals surface area contributed by atoms with Gasteiger partial charge in [0.15, 0.2) is 0 Å². The van der Waals surface area contributed by atoms with Gasteiger partial charge in [-0.25, -0.2) is 0 Å². The van der Waals surface area contributed by atoms with Crippen LogP contribution in [0.15, 0.2) is 30.3 Å². The zero-order valence-electron chi connectivity index (χ0n) is 10.2. The minimum absolute atomic E-state index is 0. The fraction of sp³-hybridized carbons (Fsp3) is 0.100. The zero-order chi connectivity index (χ0) is 14.3. The molecule has 0 radical (unpaired) electrons. The fourth-order valence-electron chi connectivity index (χ4n) is 1.48. The third kappa shape index (κ3) is 4.11. The van der Waals surface area contributed by atoms with Crippen molar-refractivity contribution < 1.29 is 77.5 Å². The smallest absolute Gasteiger partial charge is 0.444 e. The van der Waals surface area contributed by atoms with Crippen molar-refractivity contribution in [2.24, 2.45) is 0 Å². The van der Waals surface area contributed by atoms with Crippen molar-refractivity contribution in [1.29, 1.82) is 0 Å². The Labute approximate surface area is 152 Å². The van der Waals surface area contributed by atoms with Gasteiger partial charge in [-0.1, -0.05) is 12.1 Å². The molecule has 0 saturated heterocycles. The van der Waals surface area contributed by atoms with E-state index in [0.29, 0.717) is 0 Å². The molecule has 0 unspecified atom stereocenters. The standard InChI is InChI=1S/C10H6BF6N2.K/c12-10(13,14)7-3-1-6(2-4-7)8-5-9(19-18-8)11(15,16)17;/h1-5H,(H,18,19);/q-1;+1. The van der Waals surface area contributed by atoms with E-state index >= 15 is 0 Å². The molecule has 10 heteroatoms. The quantitative estimate of drug-likeness (QED) is 0.620. The van der Waals surface area contributed by atoms with E-state index in [-0.39, 0.29) is 62.6 Å². The van der Waals surface area contributed by atoms with Crippen molar-refractivity contribution in [3.63, 3.8) is 0 Å². The predicted molar refractivity (Wildman–Crippen MR) is 57.7 cm³/mol. The Bertz CT molecular complexity index is 575. The molecule has 1 aromatic heterocycles. The summed E-state index contributed by atoms with van der Waals surface area (Å²) in [5.41, 5.74) is -1.74. The van der Waals surface area contributed by atoms with Gasteiger partial charge in [0.25, 0.3) is 0 Å². The van der Waals surface area contributed by atoms with Crippen molar-refractivity contribution in [3.05, 3.63) is 35.9 Å². The molecule has 0 aliphatic heterocycles. The normalized spacial score (nSPS) is 12.1. The number of benzene rings is 1. The van der Waals surface area contributed by atoms with Crippen LogP contribution in [-0.4, -0.2) is 17.2 Å². The number of alkyl halides is 3. The Morgan fingerprint density at radius 3 is 1.95 bits per heavy atom. The zero-order valence-corrected chi connectivity index (χ0v) is 13.3. The molecular weight excluding hydrogens is 312 g/mol. The van der Waals surface area contributed by atoms with Crippen LogP contribution in [-0.2, 0) is 6.18 Å². The van der Waals surface area contributed by atoms with E-state index in [2.05, 4.69) is 5.10 Å². The van der Waals surface area contributed by atoms with E-state index in [0.717, 1.165) is 30.3 Å². The number of halogens is 6. The molecule has 2 rings (SSSR count). The third-order valence-electron chi connectivity index (χ3n) is 2.46. The molecule has 0 aliphatic carbocycles. The summed E-state index contributed by atoms with van der Waals surface area (Å²) in [6.07, 6.45) is -4.48. The van der Waals surface area contributed by atoms with Gasteiger partial charge in [0.05, 0.1) is 11.3 Å². The largest absolute Gasteiger partial charge is 1.00 e. The van der Waals surface area contributed by atoms with Crippen molar-refractivity contribution in [3.8, 4) is 11.3 Å². The van der Waals surface area contributed by atoms with Crippen LogP contribution in [0.3, 0.4) is 0 Å². The minimum Gasteiger partial charge on any atom is -0.444 e. The van der Waals surface area contributed by atoms with Crippen LogP contribution in [0.5, 0.6) is 0 Å². The Hall–Kier alpha value is -0.289. The van der Waals surface area contributed by atoms with E-state index in [1.807, 2.05) is 5.10 Å².